The van der Waals surface area contributed by atoms with Crippen LogP contribution in [0, 0.1) is 6.92 Å². The first-order valence-electron chi connectivity index (χ1n) is 11.5. The number of hydrogen-bond donors (Lipinski definition) is 1. The Morgan fingerprint density at radius 2 is 1.94 bits per heavy atom. The van der Waals surface area contributed by atoms with Crippen LogP contribution in [-0.2, 0) is 11.3 Å². The van der Waals surface area contributed by atoms with Crippen LogP contribution in [-0.4, -0.2) is 36.9 Å². The Balaban J connectivity index is 1.50. The minimum Gasteiger partial charge on any atom is -0.485 e. The number of anilines is 1. The molecule has 1 unspecified atom stereocenters. The van der Waals surface area contributed by atoms with Crippen LogP contribution >= 0.6 is 0 Å². The zero-order valence-corrected chi connectivity index (χ0v) is 20.0. The highest BCUT2D eigenvalue weighted by Gasteiger charge is 2.28. The van der Waals surface area contributed by atoms with E-state index in [2.05, 4.69) is 5.32 Å². The van der Waals surface area contributed by atoms with Crippen molar-refractivity contribution >= 4 is 23.3 Å². The van der Waals surface area contributed by atoms with Crippen molar-refractivity contribution in [3.63, 3.8) is 0 Å². The molecule has 35 heavy (non-hydrogen) atoms. The molecule has 2 amide bonds. The molecule has 0 spiro atoms. The van der Waals surface area contributed by atoms with Gasteiger partial charge in [0.25, 0.3) is 11.8 Å². The monoisotopic (exact) mass is 476 g/mol. The van der Waals surface area contributed by atoms with E-state index in [-0.39, 0.29) is 49.2 Å². The average molecular weight is 477 g/mol. The Labute approximate surface area is 203 Å². The maximum Gasteiger partial charge on any atom is 0.287 e. The molecule has 8 heteroatoms. The molecule has 1 atom stereocenters. The number of Topliss-reactive ketones (excluding diaryl/α,β-unsaturated/α-hetero) is 1. The summed E-state index contributed by atoms with van der Waals surface area (Å²) in [6, 6.07) is 15.7. The third kappa shape index (κ3) is 5.54. The highest BCUT2D eigenvalue weighted by molar-refractivity contribution is 6.02. The summed E-state index contributed by atoms with van der Waals surface area (Å²) in [5.74, 6) is 0.947. The Kier molecular flexibility index (Phi) is 7.19. The number of aryl methyl sites for hydroxylation is 1. The van der Waals surface area contributed by atoms with E-state index in [9.17, 15) is 14.4 Å². The molecule has 2 aromatic carbocycles. The molecule has 1 aromatic heterocycles. The number of hydrogen-bond acceptors (Lipinski definition) is 6. The number of rotatable bonds is 9. The van der Waals surface area contributed by atoms with E-state index < -0.39 is 0 Å². The number of benzene rings is 2. The van der Waals surface area contributed by atoms with Gasteiger partial charge in [-0.3, -0.25) is 19.3 Å². The predicted octanol–water partition coefficient (Wildman–Crippen LogP) is 4.30. The van der Waals surface area contributed by atoms with Crippen LogP contribution in [0.3, 0.4) is 0 Å². The molecule has 3 aromatic rings. The number of carbonyl (C=O) groups excluding carboxylic acids is 3. The summed E-state index contributed by atoms with van der Waals surface area (Å²) in [6.07, 6.45) is 0.801. The molecule has 1 N–H and O–H groups in total. The van der Waals surface area contributed by atoms with Gasteiger partial charge in [-0.2, -0.15) is 0 Å². The van der Waals surface area contributed by atoms with Gasteiger partial charge in [-0.1, -0.05) is 25.1 Å². The van der Waals surface area contributed by atoms with Gasteiger partial charge in [0.05, 0.1) is 12.2 Å². The van der Waals surface area contributed by atoms with Crippen molar-refractivity contribution in [1.29, 1.82) is 0 Å². The lowest BCUT2D eigenvalue weighted by Crippen LogP contribution is -2.38. The fraction of sp³-hybridized carbons (Fsp3) is 0.296. The molecule has 0 aliphatic carbocycles. The molecule has 0 radical (unpaired) electrons. The van der Waals surface area contributed by atoms with Crippen molar-refractivity contribution in [3.8, 4) is 11.5 Å². The molecule has 1 aliphatic heterocycles. The first kappa shape index (κ1) is 24.1. The first-order chi connectivity index (χ1) is 16.9. The number of fused-ring (bicyclic) bond motifs is 1. The second kappa shape index (κ2) is 10.5. The summed E-state index contributed by atoms with van der Waals surface area (Å²) in [6.45, 7) is 5.64. The topological polar surface area (TPSA) is 98.1 Å². The summed E-state index contributed by atoms with van der Waals surface area (Å²) in [5, 5.41) is 2.85. The number of carbonyl (C=O) groups is 3. The number of nitrogens with one attached hydrogen (secondary N) is 1. The van der Waals surface area contributed by atoms with Crippen LogP contribution in [0.1, 0.15) is 52.5 Å². The Bertz CT molecular complexity index is 1250. The van der Waals surface area contributed by atoms with Gasteiger partial charge in [-0.05, 0) is 62.2 Å². The molecule has 0 fully saturated rings. The molecule has 0 bridgehead atoms. The van der Waals surface area contributed by atoms with Gasteiger partial charge in [0.15, 0.2) is 24.8 Å². The fourth-order valence-electron chi connectivity index (χ4n) is 3.63. The van der Waals surface area contributed by atoms with E-state index in [4.69, 9.17) is 13.9 Å². The Hall–Kier alpha value is -4.07. The molecule has 4 rings (SSSR count). The highest BCUT2D eigenvalue weighted by atomic mass is 16.5. The average Bonchev–Trinajstić information content (AvgIpc) is 3.33. The minimum atomic E-state index is -0.305. The lowest BCUT2D eigenvalue weighted by molar-refractivity contribution is -0.121. The summed E-state index contributed by atoms with van der Waals surface area (Å²) < 4.78 is 16.9. The standard InChI is InChI=1S/C27H28N2O6/c1-4-18(3)28-27(32)25-12-10-20(35-25)14-29-21-13-19(9-11-24(21)34-16-26(29)31)22(30)15-33-23-8-6-5-7-17(23)2/h5-13,18H,4,14-16H2,1-3H3,(H,28,32). The predicted molar refractivity (Wildman–Crippen MR) is 130 cm³/mol. The number of nitrogens with zero attached hydrogens (tertiary/aromatic N) is 1. The smallest absolute Gasteiger partial charge is 0.287 e. The van der Waals surface area contributed by atoms with E-state index in [1.165, 1.54) is 4.90 Å². The number of ether oxygens (including phenoxy) is 2. The second-order valence-corrected chi connectivity index (χ2v) is 8.48. The van der Waals surface area contributed by atoms with Gasteiger partial charge in [0.2, 0.25) is 0 Å². The Morgan fingerprint density at radius 1 is 1.14 bits per heavy atom. The van der Waals surface area contributed by atoms with Crippen molar-refractivity contribution < 1.29 is 28.3 Å². The van der Waals surface area contributed by atoms with Crippen LogP contribution in [0.2, 0.25) is 0 Å². The maximum absolute atomic E-state index is 12.8. The van der Waals surface area contributed by atoms with Crippen LogP contribution in [0.4, 0.5) is 5.69 Å². The number of amides is 2. The zero-order valence-electron chi connectivity index (χ0n) is 20.0. The molecular weight excluding hydrogens is 448 g/mol. The van der Waals surface area contributed by atoms with Gasteiger partial charge < -0.3 is 19.2 Å². The number of ketones is 1. The van der Waals surface area contributed by atoms with Gasteiger partial charge in [0, 0.05) is 11.6 Å². The summed E-state index contributed by atoms with van der Waals surface area (Å²) in [4.78, 5) is 39.3. The molecule has 1 aliphatic rings. The van der Waals surface area contributed by atoms with E-state index in [1.54, 1.807) is 30.3 Å². The van der Waals surface area contributed by atoms with Gasteiger partial charge >= 0.3 is 0 Å². The molecule has 2 heterocycles. The summed E-state index contributed by atoms with van der Waals surface area (Å²) in [7, 11) is 0. The highest BCUT2D eigenvalue weighted by Crippen LogP contribution is 2.34. The normalized spacial score (nSPS) is 13.6. The quantitative estimate of drug-likeness (QED) is 0.463. The van der Waals surface area contributed by atoms with Crippen LogP contribution in [0.25, 0.3) is 0 Å². The molecule has 0 saturated carbocycles. The van der Waals surface area contributed by atoms with Crippen LogP contribution < -0.4 is 19.7 Å². The van der Waals surface area contributed by atoms with Crippen LogP contribution in [0.15, 0.2) is 59.0 Å². The van der Waals surface area contributed by atoms with Crippen LogP contribution in [0.5, 0.6) is 11.5 Å². The maximum atomic E-state index is 12.8. The van der Waals surface area contributed by atoms with E-state index in [0.29, 0.717) is 28.5 Å². The molecule has 8 nitrogen and oxygen atoms in total. The summed E-state index contributed by atoms with van der Waals surface area (Å²) in [5.41, 5.74) is 1.80. The first-order valence-corrected chi connectivity index (χ1v) is 11.5. The lowest BCUT2D eigenvalue weighted by Gasteiger charge is -2.29. The molecule has 182 valence electrons. The van der Waals surface area contributed by atoms with Gasteiger partial charge in [0.1, 0.15) is 17.3 Å². The van der Waals surface area contributed by atoms with Crippen molar-refractivity contribution in [2.24, 2.45) is 0 Å². The van der Waals surface area contributed by atoms with Crippen molar-refractivity contribution in [2.75, 3.05) is 18.1 Å². The summed E-state index contributed by atoms with van der Waals surface area (Å²) >= 11 is 0. The van der Waals surface area contributed by atoms with Crippen molar-refractivity contribution in [2.45, 2.75) is 39.8 Å². The molecular formula is C27H28N2O6. The van der Waals surface area contributed by atoms with E-state index in [0.717, 1.165) is 12.0 Å². The second-order valence-electron chi connectivity index (χ2n) is 8.48. The third-order valence-electron chi connectivity index (χ3n) is 5.87. The Morgan fingerprint density at radius 3 is 2.71 bits per heavy atom. The zero-order chi connectivity index (χ0) is 24.9. The minimum absolute atomic E-state index is 0.0227. The van der Waals surface area contributed by atoms with Crippen molar-refractivity contribution in [3.05, 3.63) is 77.2 Å². The number of para-hydroxylation sites is 1. The van der Waals surface area contributed by atoms with Gasteiger partial charge in [-0.15, -0.1) is 0 Å². The SMILES string of the molecule is CCC(C)NC(=O)c1ccc(CN2C(=O)COc3ccc(C(=O)COc4ccccc4C)cc32)o1. The number of furan rings is 1. The largest absolute Gasteiger partial charge is 0.485 e. The van der Waals surface area contributed by atoms with E-state index >= 15 is 0 Å². The lowest BCUT2D eigenvalue weighted by atomic mass is 10.1. The third-order valence-corrected chi connectivity index (χ3v) is 5.87. The molecule has 0 saturated heterocycles. The van der Waals surface area contributed by atoms with Gasteiger partial charge in [-0.25, -0.2) is 0 Å². The van der Waals surface area contributed by atoms with E-state index in [1.807, 2.05) is 45.0 Å². The van der Waals surface area contributed by atoms with Crippen molar-refractivity contribution in [1.82, 2.24) is 5.32 Å². The fourth-order valence-corrected chi connectivity index (χ4v) is 3.63.